The molecule has 4 aromatic rings. The van der Waals surface area contributed by atoms with E-state index in [1.807, 2.05) is 91.0 Å². The number of alkyl halides is 3. The topological polar surface area (TPSA) is 60.0 Å². The van der Waals surface area contributed by atoms with Crippen molar-refractivity contribution in [2.45, 2.75) is 50.7 Å². The molecule has 242 valence electrons. The Balaban J connectivity index is 1.19. The predicted octanol–water partition coefficient (Wildman–Crippen LogP) is 6.39. The maximum atomic E-state index is 13.7. The molecule has 0 bridgehead atoms. The van der Waals surface area contributed by atoms with Crippen LogP contribution in [0.15, 0.2) is 104 Å². The predicted molar refractivity (Wildman–Crippen MR) is 169 cm³/mol. The molecule has 2 aliphatic rings. The minimum atomic E-state index is -4.54. The molecule has 4 atom stereocenters. The van der Waals surface area contributed by atoms with E-state index in [-0.39, 0.29) is 29.9 Å². The van der Waals surface area contributed by atoms with Gasteiger partial charge in [-0.15, -0.1) is 0 Å². The van der Waals surface area contributed by atoms with Crippen LogP contribution in [0.4, 0.5) is 18.9 Å². The average Bonchev–Trinajstić information content (AvgIpc) is 3.55. The molecule has 3 aromatic carbocycles. The van der Waals surface area contributed by atoms with Gasteiger partial charge in [-0.3, -0.25) is 4.90 Å². The van der Waals surface area contributed by atoms with Crippen LogP contribution in [0.3, 0.4) is 0 Å². The third-order valence-electron chi connectivity index (χ3n) is 8.61. The molecule has 2 saturated heterocycles. The lowest BCUT2D eigenvalue weighted by Crippen LogP contribution is -2.58. The highest BCUT2D eigenvalue weighted by Crippen LogP contribution is 2.36. The Hall–Kier alpha value is -3.83. The number of ether oxygens (including phenoxy) is 3. The normalized spacial score (nSPS) is 22.3. The summed E-state index contributed by atoms with van der Waals surface area (Å²) in [4.78, 5) is 11.5. The highest BCUT2D eigenvalue weighted by atomic mass is 19.4. The van der Waals surface area contributed by atoms with Crippen LogP contribution < -0.4 is 4.90 Å². The monoisotopic (exact) mass is 632 g/mol. The van der Waals surface area contributed by atoms with Crippen molar-refractivity contribution in [1.82, 2.24) is 14.9 Å². The van der Waals surface area contributed by atoms with Crippen molar-refractivity contribution < 1.29 is 27.4 Å². The van der Waals surface area contributed by atoms with Crippen LogP contribution in [-0.4, -0.2) is 65.9 Å². The molecule has 7 nitrogen and oxygen atoms in total. The van der Waals surface area contributed by atoms with Gasteiger partial charge >= 0.3 is 6.18 Å². The van der Waals surface area contributed by atoms with Crippen molar-refractivity contribution in [3.05, 3.63) is 126 Å². The quantitative estimate of drug-likeness (QED) is 0.179. The maximum Gasteiger partial charge on any atom is 0.435 e. The van der Waals surface area contributed by atoms with Gasteiger partial charge in [0.15, 0.2) is 5.69 Å². The number of piperidine rings is 1. The van der Waals surface area contributed by atoms with Gasteiger partial charge in [0, 0.05) is 32.7 Å². The Morgan fingerprint density at radius 1 is 0.696 bits per heavy atom. The number of nitrogens with zero attached hydrogens (tertiary/aromatic N) is 4. The summed E-state index contributed by atoms with van der Waals surface area (Å²) in [6.45, 7) is 4.24. The van der Waals surface area contributed by atoms with Crippen LogP contribution in [-0.2, 0) is 40.2 Å². The Morgan fingerprint density at radius 2 is 1.22 bits per heavy atom. The van der Waals surface area contributed by atoms with E-state index < -0.39 is 11.9 Å². The molecular formula is C36H39F3N4O3. The number of anilines is 1. The maximum absolute atomic E-state index is 13.7. The van der Waals surface area contributed by atoms with Gasteiger partial charge in [-0.1, -0.05) is 91.0 Å². The Kier molecular flexibility index (Phi) is 10.6. The fourth-order valence-electron chi connectivity index (χ4n) is 6.35. The summed E-state index contributed by atoms with van der Waals surface area (Å²) in [6, 6.07) is 30.2. The first-order valence-electron chi connectivity index (χ1n) is 15.7. The first-order valence-corrected chi connectivity index (χ1v) is 15.7. The molecule has 6 rings (SSSR count). The molecule has 3 heterocycles. The van der Waals surface area contributed by atoms with Crippen molar-refractivity contribution in [1.29, 1.82) is 0 Å². The standard InChI is InChI=1S/C36H39F3N4O3/c37-36(38,39)35-31(18-40-26-41-35)43-17-16-30(20-43)19-42-21-32(44-23-27-10-4-1-5-11-27)34(46-25-29-14-8-3-9-15-29)33(22-42)45-24-28-12-6-2-7-13-28/h1-15,18,26,30,32-34H,16-17,19-25H2/t30-,32-,33+,34?/m0/s1. The first kappa shape index (κ1) is 32.1. The molecule has 10 heteroatoms. The molecule has 0 aliphatic carbocycles. The van der Waals surface area contributed by atoms with Crippen molar-refractivity contribution >= 4 is 5.69 Å². The van der Waals surface area contributed by atoms with Gasteiger partial charge in [-0.05, 0) is 29.0 Å². The summed E-state index contributed by atoms with van der Waals surface area (Å²) >= 11 is 0. The van der Waals surface area contributed by atoms with Gasteiger partial charge < -0.3 is 19.1 Å². The summed E-state index contributed by atoms with van der Waals surface area (Å²) in [6.07, 6.45) is -2.43. The van der Waals surface area contributed by atoms with Gasteiger partial charge in [-0.2, -0.15) is 13.2 Å². The number of hydrogen-bond acceptors (Lipinski definition) is 7. The number of hydrogen-bond donors (Lipinski definition) is 0. The fraction of sp³-hybridized carbons (Fsp3) is 0.389. The lowest BCUT2D eigenvalue weighted by molar-refractivity contribution is -0.185. The minimum absolute atomic E-state index is 0.0404. The van der Waals surface area contributed by atoms with Gasteiger partial charge in [0.1, 0.15) is 12.4 Å². The number of likely N-dealkylation sites (tertiary alicyclic amines) is 1. The van der Waals surface area contributed by atoms with Crippen LogP contribution in [0.1, 0.15) is 28.8 Å². The lowest BCUT2D eigenvalue weighted by Gasteiger charge is -2.44. The number of aromatic nitrogens is 2. The Bertz CT molecular complexity index is 1440. The minimum Gasteiger partial charge on any atom is -0.369 e. The van der Waals surface area contributed by atoms with E-state index in [0.29, 0.717) is 52.5 Å². The molecule has 0 amide bonds. The van der Waals surface area contributed by atoms with Gasteiger partial charge in [0.05, 0.1) is 43.9 Å². The van der Waals surface area contributed by atoms with Crippen molar-refractivity contribution in [3.63, 3.8) is 0 Å². The Labute approximate surface area is 267 Å². The number of halogens is 3. The van der Waals surface area contributed by atoms with E-state index in [4.69, 9.17) is 14.2 Å². The second kappa shape index (κ2) is 15.2. The van der Waals surface area contributed by atoms with Crippen molar-refractivity contribution in [3.8, 4) is 0 Å². The second-order valence-electron chi connectivity index (χ2n) is 12.0. The van der Waals surface area contributed by atoms with Crippen molar-refractivity contribution in [2.75, 3.05) is 37.6 Å². The molecule has 2 fully saturated rings. The van der Waals surface area contributed by atoms with E-state index in [1.165, 1.54) is 6.20 Å². The van der Waals surface area contributed by atoms with E-state index in [2.05, 4.69) is 14.9 Å². The first-order chi connectivity index (χ1) is 22.4. The fourth-order valence-corrected chi connectivity index (χ4v) is 6.35. The zero-order chi connectivity index (χ0) is 31.8. The van der Waals surface area contributed by atoms with E-state index in [0.717, 1.165) is 29.4 Å². The zero-order valence-electron chi connectivity index (χ0n) is 25.6. The summed E-state index contributed by atoms with van der Waals surface area (Å²) in [5, 5.41) is 0. The Morgan fingerprint density at radius 3 is 1.74 bits per heavy atom. The van der Waals surface area contributed by atoms with Crippen LogP contribution in [0.2, 0.25) is 0 Å². The molecule has 0 N–H and O–H groups in total. The third-order valence-corrected chi connectivity index (χ3v) is 8.61. The largest absolute Gasteiger partial charge is 0.435 e. The van der Waals surface area contributed by atoms with Crippen molar-refractivity contribution in [2.24, 2.45) is 5.92 Å². The van der Waals surface area contributed by atoms with Gasteiger partial charge in [0.25, 0.3) is 0 Å². The second-order valence-corrected chi connectivity index (χ2v) is 12.0. The molecule has 1 aromatic heterocycles. The van der Waals surface area contributed by atoms with E-state index >= 15 is 0 Å². The number of rotatable bonds is 12. The van der Waals surface area contributed by atoms with Gasteiger partial charge in [-0.25, -0.2) is 9.97 Å². The van der Waals surface area contributed by atoms with E-state index in [1.54, 1.807) is 4.90 Å². The lowest BCUT2D eigenvalue weighted by atomic mass is 9.98. The van der Waals surface area contributed by atoms with Crippen LogP contribution in [0.5, 0.6) is 0 Å². The SMILES string of the molecule is FC(F)(F)c1ncncc1N1CC[C@@H](CN2C[C@H](OCc3ccccc3)C(OCc3ccccc3)[C@H](OCc3ccccc3)C2)C1. The molecule has 1 unspecified atom stereocenters. The molecule has 0 saturated carbocycles. The van der Waals surface area contributed by atoms with Crippen LogP contribution in [0.25, 0.3) is 0 Å². The molecule has 46 heavy (non-hydrogen) atoms. The summed E-state index contributed by atoms with van der Waals surface area (Å²) in [7, 11) is 0. The van der Waals surface area contributed by atoms with Gasteiger partial charge in [0.2, 0.25) is 0 Å². The highest BCUT2D eigenvalue weighted by Gasteiger charge is 2.42. The summed E-state index contributed by atoms with van der Waals surface area (Å²) < 4.78 is 60.9. The highest BCUT2D eigenvalue weighted by molar-refractivity contribution is 5.50. The molecule has 0 radical (unpaired) electrons. The number of benzene rings is 3. The zero-order valence-corrected chi connectivity index (χ0v) is 25.6. The van der Waals surface area contributed by atoms with Crippen LogP contribution in [0, 0.1) is 5.92 Å². The van der Waals surface area contributed by atoms with E-state index in [9.17, 15) is 13.2 Å². The third kappa shape index (κ3) is 8.50. The molecular weight excluding hydrogens is 593 g/mol. The summed E-state index contributed by atoms with van der Waals surface area (Å²) in [5.74, 6) is 0.160. The average molecular weight is 633 g/mol. The molecule has 0 spiro atoms. The molecule has 2 aliphatic heterocycles. The smallest absolute Gasteiger partial charge is 0.369 e. The summed E-state index contributed by atoms with van der Waals surface area (Å²) in [5.41, 5.74) is 2.37. The van der Waals surface area contributed by atoms with Crippen LogP contribution >= 0.6 is 0 Å².